The van der Waals surface area contributed by atoms with E-state index >= 15 is 0 Å². The lowest BCUT2D eigenvalue weighted by Gasteiger charge is -2.28. The molecule has 10 rings (SSSR count). The van der Waals surface area contributed by atoms with Crippen LogP contribution in [0.2, 0.25) is 0 Å². The fourth-order valence-corrected chi connectivity index (χ4v) is 8.49. The third kappa shape index (κ3) is 4.62. The van der Waals surface area contributed by atoms with E-state index in [0.29, 0.717) is 0 Å². The van der Waals surface area contributed by atoms with Gasteiger partial charge in [-0.3, -0.25) is 0 Å². The molecule has 0 fully saturated rings. The summed E-state index contributed by atoms with van der Waals surface area (Å²) >= 11 is 1.85. The van der Waals surface area contributed by atoms with E-state index < -0.39 is 0 Å². The fourth-order valence-electron chi connectivity index (χ4n) is 7.35. The predicted molar refractivity (Wildman–Crippen MR) is 210 cm³/mol. The first-order valence-electron chi connectivity index (χ1n) is 16.6. The molecular weight excluding hydrogens is 615 g/mol. The molecule has 0 spiro atoms. The molecule has 0 amide bonds. The smallest absolute Gasteiger partial charge is 0.136 e. The zero-order valence-electron chi connectivity index (χ0n) is 26.5. The second-order valence-corrected chi connectivity index (χ2v) is 13.6. The molecule has 0 unspecified atom stereocenters. The average molecular weight is 644 g/mol. The Morgan fingerprint density at radius 3 is 1.98 bits per heavy atom. The van der Waals surface area contributed by atoms with E-state index in [0.717, 1.165) is 39.0 Å². The largest absolute Gasteiger partial charge is 0.456 e. The molecular formula is C46H29NOS. The molecule has 49 heavy (non-hydrogen) atoms. The highest BCUT2D eigenvalue weighted by Gasteiger charge is 2.19. The van der Waals surface area contributed by atoms with Crippen LogP contribution in [0.1, 0.15) is 0 Å². The van der Waals surface area contributed by atoms with Gasteiger partial charge in [0.25, 0.3) is 0 Å². The second kappa shape index (κ2) is 11.2. The molecule has 230 valence electrons. The van der Waals surface area contributed by atoms with E-state index in [4.69, 9.17) is 4.42 Å². The van der Waals surface area contributed by atoms with Crippen molar-refractivity contribution in [1.82, 2.24) is 0 Å². The summed E-state index contributed by atoms with van der Waals surface area (Å²) in [5.41, 5.74) is 9.94. The Labute approximate surface area is 287 Å². The number of hydrogen-bond acceptors (Lipinski definition) is 3. The lowest BCUT2D eigenvalue weighted by atomic mass is 9.96. The molecule has 0 N–H and O–H groups in total. The van der Waals surface area contributed by atoms with Crippen molar-refractivity contribution in [3.05, 3.63) is 176 Å². The highest BCUT2D eigenvalue weighted by molar-refractivity contribution is 7.25. The lowest BCUT2D eigenvalue weighted by molar-refractivity contribution is 0.669. The van der Waals surface area contributed by atoms with E-state index in [2.05, 4.69) is 169 Å². The van der Waals surface area contributed by atoms with Crippen LogP contribution in [0.5, 0.6) is 0 Å². The van der Waals surface area contributed by atoms with Crippen molar-refractivity contribution >= 4 is 81.3 Å². The van der Waals surface area contributed by atoms with Crippen molar-refractivity contribution in [3.8, 4) is 22.3 Å². The molecule has 2 nitrogen and oxygen atoms in total. The highest BCUT2D eigenvalue weighted by atomic mass is 32.1. The average Bonchev–Trinajstić information content (AvgIpc) is 3.72. The third-order valence-electron chi connectivity index (χ3n) is 9.66. The van der Waals surface area contributed by atoms with Crippen molar-refractivity contribution < 1.29 is 4.42 Å². The molecule has 0 aliphatic rings. The SMILES string of the molecule is c1ccc(-c2ccccc2N(c2ccc(-c3cccc4cc5c(cc34)oc3ccccc35)cc2)c2ccc3c(c2)sc2ccccc23)cc1. The van der Waals surface area contributed by atoms with Crippen LogP contribution in [-0.4, -0.2) is 0 Å². The number of benzene rings is 8. The summed E-state index contributed by atoms with van der Waals surface area (Å²) in [6.45, 7) is 0. The minimum atomic E-state index is 0.915. The van der Waals surface area contributed by atoms with Gasteiger partial charge in [-0.15, -0.1) is 11.3 Å². The molecule has 0 saturated heterocycles. The Morgan fingerprint density at radius 1 is 0.388 bits per heavy atom. The normalized spacial score (nSPS) is 11.7. The van der Waals surface area contributed by atoms with E-state index in [1.165, 1.54) is 53.2 Å². The first kappa shape index (κ1) is 27.9. The maximum absolute atomic E-state index is 6.29. The van der Waals surface area contributed by atoms with Crippen molar-refractivity contribution in [2.75, 3.05) is 4.90 Å². The zero-order chi connectivity index (χ0) is 32.3. The van der Waals surface area contributed by atoms with Gasteiger partial charge in [-0.2, -0.15) is 0 Å². The Balaban J connectivity index is 1.13. The number of para-hydroxylation sites is 2. The number of fused-ring (bicyclic) bond motifs is 7. The predicted octanol–water partition coefficient (Wildman–Crippen LogP) is 13.9. The van der Waals surface area contributed by atoms with Crippen LogP contribution < -0.4 is 4.90 Å². The molecule has 8 aromatic carbocycles. The molecule has 0 radical (unpaired) electrons. The maximum Gasteiger partial charge on any atom is 0.136 e. The van der Waals surface area contributed by atoms with Crippen LogP contribution in [-0.2, 0) is 0 Å². The number of hydrogen-bond donors (Lipinski definition) is 0. The van der Waals surface area contributed by atoms with Crippen LogP contribution in [0.3, 0.4) is 0 Å². The van der Waals surface area contributed by atoms with Gasteiger partial charge in [0.2, 0.25) is 0 Å². The van der Waals surface area contributed by atoms with Crippen LogP contribution in [0, 0.1) is 0 Å². The van der Waals surface area contributed by atoms with Crippen molar-refractivity contribution in [2.24, 2.45) is 0 Å². The molecule has 2 aromatic heterocycles. The summed E-state index contributed by atoms with van der Waals surface area (Å²) in [7, 11) is 0. The minimum absolute atomic E-state index is 0.915. The highest BCUT2D eigenvalue weighted by Crippen LogP contribution is 2.44. The topological polar surface area (TPSA) is 16.4 Å². The molecule has 0 atom stereocenters. The van der Waals surface area contributed by atoms with Crippen molar-refractivity contribution in [1.29, 1.82) is 0 Å². The number of nitrogens with zero attached hydrogens (tertiary/aromatic N) is 1. The van der Waals surface area contributed by atoms with Crippen LogP contribution >= 0.6 is 11.3 Å². The van der Waals surface area contributed by atoms with Crippen molar-refractivity contribution in [2.45, 2.75) is 0 Å². The summed E-state index contributed by atoms with van der Waals surface area (Å²) in [4.78, 5) is 2.40. The Kier molecular flexibility index (Phi) is 6.39. The Bertz CT molecular complexity index is 2830. The second-order valence-electron chi connectivity index (χ2n) is 12.5. The number of thiophene rings is 1. The number of furan rings is 1. The molecule has 0 aliphatic heterocycles. The molecule has 2 heterocycles. The van der Waals surface area contributed by atoms with E-state index in [-0.39, 0.29) is 0 Å². The van der Waals surface area contributed by atoms with Crippen LogP contribution in [0.4, 0.5) is 17.1 Å². The lowest BCUT2D eigenvalue weighted by Crippen LogP contribution is -2.11. The van der Waals surface area contributed by atoms with Gasteiger partial charge in [0, 0.05) is 47.9 Å². The van der Waals surface area contributed by atoms with Gasteiger partial charge in [0.05, 0.1) is 5.69 Å². The van der Waals surface area contributed by atoms with E-state index in [1.54, 1.807) is 0 Å². The van der Waals surface area contributed by atoms with Gasteiger partial charge < -0.3 is 9.32 Å². The van der Waals surface area contributed by atoms with Gasteiger partial charge in [-0.05, 0) is 82.1 Å². The summed E-state index contributed by atoms with van der Waals surface area (Å²) in [6, 6.07) is 63.3. The van der Waals surface area contributed by atoms with E-state index in [1.807, 2.05) is 23.5 Å². The summed E-state index contributed by atoms with van der Waals surface area (Å²) < 4.78 is 8.88. The zero-order valence-corrected chi connectivity index (χ0v) is 27.3. The molecule has 3 heteroatoms. The molecule has 10 aromatic rings. The Morgan fingerprint density at radius 2 is 1.08 bits per heavy atom. The number of rotatable bonds is 5. The van der Waals surface area contributed by atoms with Crippen LogP contribution in [0.25, 0.3) is 75.1 Å². The monoisotopic (exact) mass is 643 g/mol. The summed E-state index contributed by atoms with van der Waals surface area (Å²) in [5.74, 6) is 0. The quantitative estimate of drug-likeness (QED) is 0.186. The Hall–Kier alpha value is -6.16. The number of anilines is 3. The van der Waals surface area contributed by atoms with Crippen molar-refractivity contribution in [3.63, 3.8) is 0 Å². The molecule has 0 aliphatic carbocycles. The standard InChI is InChI=1S/C46H29NOS/c1-2-11-30(12-3-1)36-14-4-7-18-42(36)47(34-25-26-39-38-16-6-9-20-45(38)49-46(39)28-34)33-23-21-31(22-24-33)35-17-10-13-32-27-41-37-15-5-8-19-43(37)48-44(41)29-40(32)35/h1-29H. The third-order valence-corrected chi connectivity index (χ3v) is 10.8. The van der Waals surface area contributed by atoms with Gasteiger partial charge in [0.1, 0.15) is 11.2 Å². The van der Waals surface area contributed by atoms with Gasteiger partial charge >= 0.3 is 0 Å². The minimum Gasteiger partial charge on any atom is -0.456 e. The first-order chi connectivity index (χ1) is 24.3. The van der Waals surface area contributed by atoms with Crippen LogP contribution in [0.15, 0.2) is 180 Å². The van der Waals surface area contributed by atoms with Gasteiger partial charge in [0.15, 0.2) is 0 Å². The molecule has 0 bridgehead atoms. The maximum atomic E-state index is 6.29. The first-order valence-corrected chi connectivity index (χ1v) is 17.4. The summed E-state index contributed by atoms with van der Waals surface area (Å²) in [6.07, 6.45) is 0. The summed E-state index contributed by atoms with van der Waals surface area (Å²) in [5, 5.41) is 7.30. The molecule has 0 saturated carbocycles. The van der Waals surface area contributed by atoms with Gasteiger partial charge in [-0.25, -0.2) is 0 Å². The van der Waals surface area contributed by atoms with Gasteiger partial charge in [-0.1, -0.05) is 121 Å². The fraction of sp³-hybridized carbons (Fsp3) is 0. The van der Waals surface area contributed by atoms with E-state index in [9.17, 15) is 0 Å².